The van der Waals surface area contributed by atoms with E-state index in [1.165, 1.54) is 0 Å². The van der Waals surface area contributed by atoms with E-state index in [9.17, 15) is 9.59 Å². The molecule has 4 nitrogen and oxygen atoms in total. The highest BCUT2D eigenvalue weighted by atomic mass is 16.4. The number of carbonyl (C=O) groups excluding carboxylic acids is 1. The van der Waals surface area contributed by atoms with Crippen LogP contribution in [0.25, 0.3) is 0 Å². The topological polar surface area (TPSA) is 66.4 Å². The predicted octanol–water partition coefficient (Wildman–Crippen LogP) is 1.65. The third kappa shape index (κ3) is 3.90. The van der Waals surface area contributed by atoms with Crippen LogP contribution < -0.4 is 5.32 Å². The van der Waals surface area contributed by atoms with E-state index in [1.54, 1.807) is 34.6 Å². The van der Waals surface area contributed by atoms with Crippen molar-refractivity contribution in [2.75, 3.05) is 6.54 Å². The lowest BCUT2D eigenvalue weighted by atomic mass is 9.87. The Morgan fingerprint density at radius 1 is 1.20 bits per heavy atom. The summed E-state index contributed by atoms with van der Waals surface area (Å²) in [5.41, 5.74) is -1.35. The molecular formula is C11H21NO3. The van der Waals surface area contributed by atoms with Crippen molar-refractivity contribution < 1.29 is 14.7 Å². The van der Waals surface area contributed by atoms with E-state index < -0.39 is 16.8 Å². The highest BCUT2D eigenvalue weighted by Gasteiger charge is 2.32. The fraction of sp³-hybridized carbons (Fsp3) is 0.818. The molecule has 1 unspecified atom stereocenters. The van der Waals surface area contributed by atoms with Gasteiger partial charge in [-0.15, -0.1) is 0 Å². The number of carbonyl (C=O) groups is 2. The number of nitrogens with one attached hydrogen (secondary N) is 1. The van der Waals surface area contributed by atoms with E-state index in [0.717, 1.165) is 0 Å². The van der Waals surface area contributed by atoms with Gasteiger partial charge in [0.1, 0.15) is 0 Å². The fourth-order valence-electron chi connectivity index (χ4n) is 0.892. The van der Waals surface area contributed by atoms with Crippen LogP contribution in [0.3, 0.4) is 0 Å². The van der Waals surface area contributed by atoms with Crippen molar-refractivity contribution in [3.8, 4) is 0 Å². The maximum Gasteiger partial charge on any atom is 0.311 e. The molecule has 88 valence electrons. The van der Waals surface area contributed by atoms with Crippen molar-refractivity contribution in [3.05, 3.63) is 0 Å². The molecule has 0 spiro atoms. The average molecular weight is 215 g/mol. The second-order valence-electron chi connectivity index (χ2n) is 5.15. The quantitative estimate of drug-likeness (QED) is 0.749. The van der Waals surface area contributed by atoms with Crippen molar-refractivity contribution >= 4 is 11.9 Å². The zero-order chi connectivity index (χ0) is 12.3. The third-order valence-electron chi connectivity index (χ3n) is 2.62. The summed E-state index contributed by atoms with van der Waals surface area (Å²) < 4.78 is 0. The highest BCUT2D eigenvalue weighted by Crippen LogP contribution is 2.21. The molecule has 0 aliphatic carbocycles. The zero-order valence-corrected chi connectivity index (χ0v) is 10.2. The van der Waals surface area contributed by atoms with E-state index in [4.69, 9.17) is 5.11 Å². The SMILES string of the molecule is CCC(C)(CNC(=O)C(C)(C)C)C(=O)O. The molecule has 0 aromatic carbocycles. The Labute approximate surface area is 91.1 Å². The van der Waals surface area contributed by atoms with Crippen molar-refractivity contribution in [2.24, 2.45) is 10.8 Å². The Morgan fingerprint density at radius 3 is 1.93 bits per heavy atom. The number of aliphatic carboxylic acids is 1. The predicted molar refractivity (Wildman–Crippen MR) is 58.5 cm³/mol. The molecule has 2 N–H and O–H groups in total. The van der Waals surface area contributed by atoms with Gasteiger partial charge in [-0.25, -0.2) is 0 Å². The molecular weight excluding hydrogens is 194 g/mol. The average Bonchev–Trinajstić information content (AvgIpc) is 2.11. The lowest BCUT2D eigenvalue weighted by Gasteiger charge is -2.26. The molecule has 0 aliphatic rings. The Balaban J connectivity index is 4.38. The molecule has 0 radical (unpaired) electrons. The van der Waals surface area contributed by atoms with Gasteiger partial charge in [0.25, 0.3) is 0 Å². The summed E-state index contributed by atoms with van der Waals surface area (Å²) in [5.74, 6) is -0.998. The van der Waals surface area contributed by atoms with E-state index >= 15 is 0 Å². The standard InChI is InChI=1S/C11H21NO3/c1-6-11(5,9(14)15)7-12-8(13)10(2,3)4/h6-7H2,1-5H3,(H,12,13)(H,14,15). The molecule has 0 bridgehead atoms. The first kappa shape index (κ1) is 13.9. The van der Waals surface area contributed by atoms with Gasteiger partial charge in [0, 0.05) is 12.0 Å². The number of carboxylic acids is 1. The van der Waals surface area contributed by atoms with Crippen LogP contribution in [0.15, 0.2) is 0 Å². The molecule has 15 heavy (non-hydrogen) atoms. The minimum Gasteiger partial charge on any atom is -0.481 e. The first-order valence-electron chi connectivity index (χ1n) is 5.15. The summed E-state index contributed by atoms with van der Waals surface area (Å²) in [5, 5.41) is 11.7. The molecule has 0 aliphatic heterocycles. The van der Waals surface area contributed by atoms with Gasteiger partial charge in [0.05, 0.1) is 5.41 Å². The Hall–Kier alpha value is -1.06. The smallest absolute Gasteiger partial charge is 0.311 e. The van der Waals surface area contributed by atoms with Crippen LogP contribution >= 0.6 is 0 Å². The van der Waals surface area contributed by atoms with Gasteiger partial charge in [-0.1, -0.05) is 27.7 Å². The Kier molecular flexibility index (Phi) is 4.31. The van der Waals surface area contributed by atoms with Crippen LogP contribution in [0.5, 0.6) is 0 Å². The van der Waals surface area contributed by atoms with Crippen molar-refractivity contribution in [2.45, 2.75) is 41.0 Å². The summed E-state index contributed by atoms with van der Waals surface area (Å²) >= 11 is 0. The summed E-state index contributed by atoms with van der Waals surface area (Å²) in [4.78, 5) is 22.5. The second kappa shape index (κ2) is 4.64. The van der Waals surface area contributed by atoms with E-state index in [-0.39, 0.29) is 12.5 Å². The summed E-state index contributed by atoms with van der Waals surface area (Å²) in [6.07, 6.45) is 0.493. The largest absolute Gasteiger partial charge is 0.481 e. The molecule has 0 saturated heterocycles. The van der Waals surface area contributed by atoms with Crippen LogP contribution in [0.4, 0.5) is 0 Å². The molecule has 1 atom stereocenters. The minimum atomic E-state index is -0.876. The number of carboxylic acid groups (broad SMARTS) is 1. The first-order chi connectivity index (χ1) is 6.63. The molecule has 0 heterocycles. The van der Waals surface area contributed by atoms with Gasteiger partial charge >= 0.3 is 5.97 Å². The Morgan fingerprint density at radius 2 is 1.67 bits per heavy atom. The van der Waals surface area contributed by atoms with Gasteiger partial charge < -0.3 is 10.4 Å². The van der Waals surface area contributed by atoms with Crippen LogP contribution in [0.2, 0.25) is 0 Å². The summed E-state index contributed by atoms with van der Waals surface area (Å²) in [7, 11) is 0. The zero-order valence-electron chi connectivity index (χ0n) is 10.2. The molecule has 0 saturated carbocycles. The van der Waals surface area contributed by atoms with Gasteiger partial charge in [-0.2, -0.15) is 0 Å². The van der Waals surface area contributed by atoms with Crippen molar-refractivity contribution in [1.82, 2.24) is 5.32 Å². The number of amides is 1. The fourth-order valence-corrected chi connectivity index (χ4v) is 0.892. The van der Waals surface area contributed by atoms with Crippen LogP contribution in [0.1, 0.15) is 41.0 Å². The third-order valence-corrected chi connectivity index (χ3v) is 2.62. The van der Waals surface area contributed by atoms with E-state index in [0.29, 0.717) is 6.42 Å². The first-order valence-corrected chi connectivity index (χ1v) is 5.15. The summed E-state index contributed by atoms with van der Waals surface area (Å²) in [6.45, 7) is 9.01. The minimum absolute atomic E-state index is 0.122. The molecule has 0 fully saturated rings. The van der Waals surface area contributed by atoms with Gasteiger partial charge in [0.15, 0.2) is 0 Å². The van der Waals surface area contributed by atoms with Gasteiger partial charge in [-0.3, -0.25) is 9.59 Å². The number of hydrogen-bond donors (Lipinski definition) is 2. The summed E-state index contributed by atoms with van der Waals surface area (Å²) in [6, 6.07) is 0. The van der Waals surface area contributed by atoms with Crippen LogP contribution in [-0.4, -0.2) is 23.5 Å². The normalized spacial score (nSPS) is 15.5. The highest BCUT2D eigenvalue weighted by molar-refractivity contribution is 5.82. The van der Waals surface area contributed by atoms with E-state index in [2.05, 4.69) is 5.32 Å². The van der Waals surface area contributed by atoms with Crippen LogP contribution in [-0.2, 0) is 9.59 Å². The second-order valence-corrected chi connectivity index (χ2v) is 5.15. The van der Waals surface area contributed by atoms with Gasteiger partial charge in [0.2, 0.25) is 5.91 Å². The Bertz CT molecular complexity index is 255. The van der Waals surface area contributed by atoms with Gasteiger partial charge in [-0.05, 0) is 13.3 Å². The monoisotopic (exact) mass is 215 g/mol. The van der Waals surface area contributed by atoms with Crippen LogP contribution in [0, 0.1) is 10.8 Å². The molecule has 0 aromatic rings. The maximum atomic E-state index is 11.5. The molecule has 4 heteroatoms. The van der Waals surface area contributed by atoms with E-state index in [1.807, 2.05) is 0 Å². The van der Waals surface area contributed by atoms with Crippen molar-refractivity contribution in [1.29, 1.82) is 0 Å². The maximum absolute atomic E-state index is 11.5. The number of rotatable bonds is 4. The molecule has 0 aromatic heterocycles. The lowest BCUT2D eigenvalue weighted by molar-refractivity contribution is -0.148. The molecule has 1 amide bonds. The molecule has 0 rings (SSSR count). The van der Waals surface area contributed by atoms with Crippen molar-refractivity contribution in [3.63, 3.8) is 0 Å². The number of hydrogen-bond acceptors (Lipinski definition) is 2. The lowest BCUT2D eigenvalue weighted by Crippen LogP contribution is -2.44.